The lowest BCUT2D eigenvalue weighted by molar-refractivity contribution is -0.137. The van der Waals surface area contributed by atoms with Gasteiger partial charge in [-0.3, -0.25) is 4.79 Å². The SMILES string of the molecule is C=COC(=O)C=CCCCCCCCCCCCCCCCCCCCCCC(=O)O. The van der Waals surface area contributed by atoms with Gasteiger partial charge in [-0.1, -0.05) is 122 Å². The largest absolute Gasteiger partial charge is 0.481 e. The molecule has 0 atom stereocenters. The zero-order valence-corrected chi connectivity index (χ0v) is 20.0. The first-order valence-corrected chi connectivity index (χ1v) is 12.9. The van der Waals surface area contributed by atoms with Crippen LogP contribution in [0.3, 0.4) is 0 Å². The summed E-state index contributed by atoms with van der Waals surface area (Å²) in [6.45, 7) is 3.35. The third-order valence-corrected chi connectivity index (χ3v) is 5.71. The molecule has 0 fully saturated rings. The minimum Gasteiger partial charge on any atom is -0.481 e. The topological polar surface area (TPSA) is 63.6 Å². The lowest BCUT2D eigenvalue weighted by Gasteiger charge is -2.04. The first-order chi connectivity index (χ1) is 15.2. The summed E-state index contributed by atoms with van der Waals surface area (Å²) in [6.07, 6.45) is 30.3. The molecule has 0 radical (unpaired) electrons. The third-order valence-electron chi connectivity index (χ3n) is 5.71. The Balaban J connectivity index is 3.10. The fraction of sp³-hybridized carbons (Fsp3) is 0.778. The van der Waals surface area contributed by atoms with Crippen LogP contribution >= 0.6 is 0 Å². The molecule has 0 amide bonds. The summed E-state index contributed by atoms with van der Waals surface area (Å²) < 4.78 is 4.62. The Morgan fingerprint density at radius 2 is 0.968 bits per heavy atom. The number of carboxylic acids is 1. The van der Waals surface area contributed by atoms with Gasteiger partial charge in [0.2, 0.25) is 0 Å². The van der Waals surface area contributed by atoms with Crippen molar-refractivity contribution in [2.75, 3.05) is 0 Å². The highest BCUT2D eigenvalue weighted by Gasteiger charge is 1.97. The summed E-state index contributed by atoms with van der Waals surface area (Å²) >= 11 is 0. The fourth-order valence-electron chi connectivity index (χ4n) is 3.84. The molecule has 0 aliphatic rings. The lowest BCUT2D eigenvalue weighted by Crippen LogP contribution is -1.93. The van der Waals surface area contributed by atoms with Crippen LogP contribution in [0.25, 0.3) is 0 Å². The molecule has 0 rings (SSSR count). The number of aliphatic carboxylic acids is 1. The van der Waals surface area contributed by atoms with Crippen LogP contribution in [0, 0.1) is 0 Å². The number of esters is 1. The van der Waals surface area contributed by atoms with Crippen LogP contribution in [0.4, 0.5) is 0 Å². The van der Waals surface area contributed by atoms with Gasteiger partial charge in [-0.05, 0) is 19.3 Å². The van der Waals surface area contributed by atoms with E-state index in [1.165, 1.54) is 109 Å². The van der Waals surface area contributed by atoms with Crippen LogP contribution < -0.4 is 0 Å². The van der Waals surface area contributed by atoms with E-state index in [4.69, 9.17) is 5.11 Å². The number of unbranched alkanes of at least 4 members (excludes halogenated alkanes) is 19. The highest BCUT2D eigenvalue weighted by molar-refractivity contribution is 5.82. The molecule has 180 valence electrons. The van der Waals surface area contributed by atoms with Crippen LogP contribution in [0.2, 0.25) is 0 Å². The zero-order chi connectivity index (χ0) is 22.8. The molecule has 0 aliphatic heterocycles. The van der Waals surface area contributed by atoms with Crippen molar-refractivity contribution >= 4 is 11.9 Å². The fourth-order valence-corrected chi connectivity index (χ4v) is 3.84. The van der Waals surface area contributed by atoms with Crippen molar-refractivity contribution in [1.29, 1.82) is 0 Å². The summed E-state index contributed by atoms with van der Waals surface area (Å²) in [5.74, 6) is -1.00. The smallest absolute Gasteiger partial charge is 0.335 e. The van der Waals surface area contributed by atoms with Crippen LogP contribution in [0.1, 0.15) is 135 Å². The van der Waals surface area contributed by atoms with E-state index in [0.717, 1.165) is 31.9 Å². The maximum atomic E-state index is 11.1. The molecule has 4 nitrogen and oxygen atoms in total. The number of rotatable bonds is 24. The molecule has 0 aromatic carbocycles. The number of hydrogen-bond acceptors (Lipinski definition) is 3. The normalized spacial score (nSPS) is 11.1. The molecule has 0 unspecified atom stereocenters. The van der Waals surface area contributed by atoms with Crippen molar-refractivity contribution in [3.8, 4) is 0 Å². The van der Waals surface area contributed by atoms with E-state index in [1.807, 2.05) is 6.08 Å². The van der Waals surface area contributed by atoms with Crippen molar-refractivity contribution in [3.05, 3.63) is 25.0 Å². The van der Waals surface area contributed by atoms with E-state index in [0.29, 0.717) is 6.42 Å². The number of carbonyl (C=O) groups excluding carboxylic acids is 1. The second-order valence-corrected chi connectivity index (χ2v) is 8.66. The molecule has 0 saturated carbocycles. The third kappa shape index (κ3) is 26.4. The van der Waals surface area contributed by atoms with Crippen LogP contribution in [-0.4, -0.2) is 17.0 Å². The second-order valence-electron chi connectivity index (χ2n) is 8.66. The van der Waals surface area contributed by atoms with Gasteiger partial charge >= 0.3 is 11.9 Å². The predicted molar refractivity (Wildman–Crippen MR) is 130 cm³/mol. The average molecular weight is 437 g/mol. The van der Waals surface area contributed by atoms with Gasteiger partial charge in [0.25, 0.3) is 0 Å². The zero-order valence-electron chi connectivity index (χ0n) is 20.0. The molecule has 0 heterocycles. The van der Waals surface area contributed by atoms with E-state index in [2.05, 4.69) is 11.3 Å². The number of ether oxygens (including phenoxy) is 1. The molecular formula is C27H48O4. The van der Waals surface area contributed by atoms with Gasteiger partial charge in [-0.2, -0.15) is 0 Å². The first-order valence-electron chi connectivity index (χ1n) is 12.9. The molecule has 0 spiro atoms. The molecule has 1 N–H and O–H groups in total. The van der Waals surface area contributed by atoms with E-state index in [-0.39, 0.29) is 5.97 Å². The maximum absolute atomic E-state index is 11.1. The summed E-state index contributed by atoms with van der Waals surface area (Å²) in [5, 5.41) is 8.59. The number of hydrogen-bond donors (Lipinski definition) is 1. The Morgan fingerprint density at radius 3 is 1.32 bits per heavy atom. The lowest BCUT2D eigenvalue weighted by atomic mass is 10.0. The standard InChI is InChI=1S/C27H48O4/c1-2-31-27(30)25-23-21-19-17-15-13-11-9-7-5-3-4-6-8-10-12-14-16-18-20-22-24-26(28)29/h2,23,25H,1,3-22,24H2,(H,28,29). The van der Waals surface area contributed by atoms with Gasteiger partial charge in [0, 0.05) is 12.5 Å². The van der Waals surface area contributed by atoms with Gasteiger partial charge in [-0.25, -0.2) is 4.79 Å². The van der Waals surface area contributed by atoms with Gasteiger partial charge in [0.05, 0.1) is 6.26 Å². The molecule has 0 bridgehead atoms. The summed E-state index contributed by atoms with van der Waals surface area (Å²) in [5.41, 5.74) is 0. The molecule has 0 aromatic heterocycles. The van der Waals surface area contributed by atoms with Crippen molar-refractivity contribution in [2.45, 2.75) is 135 Å². The predicted octanol–water partition coefficient (Wildman–Crippen LogP) is 8.51. The van der Waals surface area contributed by atoms with Gasteiger partial charge in [0.15, 0.2) is 0 Å². The monoisotopic (exact) mass is 436 g/mol. The van der Waals surface area contributed by atoms with Gasteiger partial charge in [-0.15, -0.1) is 0 Å². The quantitative estimate of drug-likeness (QED) is 0.0712. The summed E-state index contributed by atoms with van der Waals surface area (Å²) in [4.78, 5) is 21.5. The van der Waals surface area contributed by atoms with E-state index in [1.54, 1.807) is 0 Å². The van der Waals surface area contributed by atoms with Crippen molar-refractivity contribution < 1.29 is 19.4 Å². The molecule has 0 aliphatic carbocycles. The van der Waals surface area contributed by atoms with Crippen LogP contribution in [0.15, 0.2) is 25.0 Å². The van der Waals surface area contributed by atoms with Gasteiger partial charge < -0.3 is 9.84 Å². The average Bonchev–Trinajstić information content (AvgIpc) is 2.74. The molecular weight excluding hydrogens is 388 g/mol. The Labute approximate surface area is 191 Å². The molecule has 4 heteroatoms. The molecule has 0 aromatic rings. The van der Waals surface area contributed by atoms with Crippen LogP contribution in [0.5, 0.6) is 0 Å². The van der Waals surface area contributed by atoms with Crippen molar-refractivity contribution in [2.24, 2.45) is 0 Å². The number of allylic oxidation sites excluding steroid dienone is 1. The summed E-state index contributed by atoms with van der Waals surface area (Å²) in [6, 6.07) is 0. The number of carboxylic acid groups (broad SMARTS) is 1. The van der Waals surface area contributed by atoms with Crippen molar-refractivity contribution in [3.63, 3.8) is 0 Å². The number of carbonyl (C=O) groups is 2. The maximum Gasteiger partial charge on any atom is 0.335 e. The van der Waals surface area contributed by atoms with E-state index < -0.39 is 5.97 Å². The minimum atomic E-state index is -0.664. The van der Waals surface area contributed by atoms with Crippen LogP contribution in [-0.2, 0) is 14.3 Å². The Hall–Kier alpha value is -1.58. The minimum absolute atomic E-state index is 0.330. The Morgan fingerprint density at radius 1 is 0.613 bits per heavy atom. The summed E-state index contributed by atoms with van der Waals surface area (Å²) in [7, 11) is 0. The first kappa shape index (κ1) is 29.4. The van der Waals surface area contributed by atoms with E-state index in [9.17, 15) is 9.59 Å². The van der Waals surface area contributed by atoms with Crippen molar-refractivity contribution in [1.82, 2.24) is 0 Å². The van der Waals surface area contributed by atoms with E-state index >= 15 is 0 Å². The second kappa shape index (κ2) is 24.7. The highest BCUT2D eigenvalue weighted by atomic mass is 16.5. The highest BCUT2D eigenvalue weighted by Crippen LogP contribution is 2.15. The van der Waals surface area contributed by atoms with Gasteiger partial charge in [0.1, 0.15) is 0 Å². The Bertz CT molecular complexity index is 456. The molecule has 31 heavy (non-hydrogen) atoms. The molecule has 0 saturated heterocycles. The Kier molecular flexibility index (Phi) is 23.4.